The Morgan fingerprint density at radius 2 is 1.68 bits per heavy atom. The van der Waals surface area contributed by atoms with Crippen molar-refractivity contribution in [2.75, 3.05) is 17.1 Å². The van der Waals surface area contributed by atoms with Crippen molar-refractivity contribution < 1.29 is 22.4 Å². The molecule has 214 valence electrons. The Bertz CT molecular complexity index is 1440. The minimum absolute atomic E-state index is 0.0430. The van der Waals surface area contributed by atoms with Gasteiger partial charge in [-0.2, -0.15) is 0 Å². The smallest absolute Gasteiger partial charge is 0.244 e. The molecule has 1 N–H and O–H groups in total. The molecule has 3 aromatic carbocycles. The molecule has 0 unspecified atom stereocenters. The van der Waals surface area contributed by atoms with Crippen LogP contribution >= 0.6 is 11.6 Å². The van der Waals surface area contributed by atoms with Gasteiger partial charge in [-0.15, -0.1) is 0 Å². The van der Waals surface area contributed by atoms with Crippen LogP contribution in [0.15, 0.2) is 72.8 Å². The first-order valence-electron chi connectivity index (χ1n) is 13.0. The third-order valence-corrected chi connectivity index (χ3v) is 8.01. The van der Waals surface area contributed by atoms with Gasteiger partial charge in [-0.1, -0.05) is 78.7 Å². The zero-order valence-electron chi connectivity index (χ0n) is 23.1. The van der Waals surface area contributed by atoms with Crippen LogP contribution in [0.5, 0.6) is 0 Å². The number of benzene rings is 3. The van der Waals surface area contributed by atoms with Gasteiger partial charge in [0.1, 0.15) is 18.4 Å². The number of sulfonamides is 1. The molecule has 0 saturated carbocycles. The number of hydrogen-bond acceptors (Lipinski definition) is 4. The SMILES string of the molecule is CC[C@@H](C)NC(=O)[C@@H](Cc1ccccc1)N(Cc1cccc(C)c1)C(=O)CN(c1ccc(F)c(Cl)c1)S(C)(=O)=O. The maximum Gasteiger partial charge on any atom is 0.244 e. The van der Waals surface area contributed by atoms with Gasteiger partial charge in [-0.05, 0) is 49.6 Å². The zero-order chi connectivity index (χ0) is 29.4. The highest BCUT2D eigenvalue weighted by molar-refractivity contribution is 7.92. The van der Waals surface area contributed by atoms with E-state index in [9.17, 15) is 22.4 Å². The fraction of sp³-hybridized carbons (Fsp3) is 0.333. The molecule has 0 aliphatic carbocycles. The van der Waals surface area contributed by atoms with Gasteiger partial charge >= 0.3 is 0 Å². The Labute approximate surface area is 241 Å². The van der Waals surface area contributed by atoms with Crippen LogP contribution in [0.3, 0.4) is 0 Å². The van der Waals surface area contributed by atoms with Crippen LogP contribution in [-0.2, 0) is 32.6 Å². The molecule has 3 rings (SSSR count). The highest BCUT2D eigenvalue weighted by Gasteiger charge is 2.33. The van der Waals surface area contributed by atoms with Crippen LogP contribution in [0.4, 0.5) is 10.1 Å². The molecule has 0 radical (unpaired) electrons. The van der Waals surface area contributed by atoms with Crippen molar-refractivity contribution in [1.29, 1.82) is 0 Å². The van der Waals surface area contributed by atoms with Crippen LogP contribution < -0.4 is 9.62 Å². The van der Waals surface area contributed by atoms with Gasteiger partial charge in [0.15, 0.2) is 0 Å². The van der Waals surface area contributed by atoms with Gasteiger partial charge in [0, 0.05) is 19.0 Å². The summed E-state index contributed by atoms with van der Waals surface area (Å²) in [5.74, 6) is -1.64. The van der Waals surface area contributed by atoms with E-state index in [1.165, 1.54) is 11.0 Å². The molecule has 10 heteroatoms. The summed E-state index contributed by atoms with van der Waals surface area (Å²) in [6.07, 6.45) is 1.88. The first-order chi connectivity index (χ1) is 18.9. The average molecular weight is 588 g/mol. The van der Waals surface area contributed by atoms with Crippen molar-refractivity contribution >= 4 is 39.1 Å². The van der Waals surface area contributed by atoms with Crippen molar-refractivity contribution in [3.05, 3.63) is 100 Å². The van der Waals surface area contributed by atoms with Gasteiger partial charge in [-0.25, -0.2) is 12.8 Å². The molecule has 2 atom stereocenters. The number of anilines is 1. The van der Waals surface area contributed by atoms with E-state index in [0.717, 1.165) is 39.4 Å². The van der Waals surface area contributed by atoms with Gasteiger partial charge in [0.25, 0.3) is 0 Å². The molecule has 0 bridgehead atoms. The number of nitrogens with zero attached hydrogens (tertiary/aromatic N) is 2. The van der Waals surface area contributed by atoms with E-state index >= 15 is 0 Å². The molecular formula is C30H35ClFN3O4S. The number of aryl methyl sites for hydroxylation is 1. The Morgan fingerprint density at radius 1 is 1.00 bits per heavy atom. The van der Waals surface area contributed by atoms with Crippen molar-refractivity contribution in [3.8, 4) is 0 Å². The Hall–Kier alpha value is -3.43. The van der Waals surface area contributed by atoms with Gasteiger partial charge < -0.3 is 10.2 Å². The molecule has 0 saturated heterocycles. The monoisotopic (exact) mass is 587 g/mol. The molecule has 0 aliphatic rings. The van der Waals surface area contributed by atoms with Crippen molar-refractivity contribution in [2.45, 2.75) is 52.2 Å². The number of carbonyl (C=O) groups excluding carboxylic acids is 2. The molecular weight excluding hydrogens is 553 g/mol. The summed E-state index contributed by atoms with van der Waals surface area (Å²) < 4.78 is 40.3. The van der Waals surface area contributed by atoms with E-state index in [-0.39, 0.29) is 35.6 Å². The summed E-state index contributed by atoms with van der Waals surface area (Å²) in [6.45, 7) is 5.23. The largest absolute Gasteiger partial charge is 0.352 e. The summed E-state index contributed by atoms with van der Waals surface area (Å²) in [6, 6.07) is 19.3. The minimum Gasteiger partial charge on any atom is -0.352 e. The summed E-state index contributed by atoms with van der Waals surface area (Å²) in [4.78, 5) is 29.1. The van der Waals surface area contributed by atoms with E-state index in [1.807, 2.05) is 75.4 Å². The number of rotatable bonds is 12. The molecule has 0 heterocycles. The zero-order valence-corrected chi connectivity index (χ0v) is 24.7. The average Bonchev–Trinajstić information content (AvgIpc) is 2.90. The maximum atomic E-state index is 14.0. The van der Waals surface area contributed by atoms with Crippen LogP contribution in [0, 0.1) is 12.7 Å². The second kappa shape index (κ2) is 13.8. The number of carbonyl (C=O) groups is 2. The highest BCUT2D eigenvalue weighted by atomic mass is 35.5. The molecule has 0 fully saturated rings. The summed E-state index contributed by atoms with van der Waals surface area (Å²) in [5.41, 5.74) is 2.66. The number of amides is 2. The van der Waals surface area contributed by atoms with Crippen LogP contribution in [-0.4, -0.2) is 50.0 Å². The lowest BCUT2D eigenvalue weighted by Gasteiger charge is -2.34. The van der Waals surface area contributed by atoms with E-state index in [4.69, 9.17) is 11.6 Å². The lowest BCUT2D eigenvalue weighted by Crippen LogP contribution is -2.54. The number of hydrogen-bond donors (Lipinski definition) is 1. The topological polar surface area (TPSA) is 86.8 Å². The lowest BCUT2D eigenvalue weighted by atomic mass is 10.0. The van der Waals surface area contributed by atoms with E-state index in [0.29, 0.717) is 6.42 Å². The van der Waals surface area contributed by atoms with Crippen molar-refractivity contribution in [3.63, 3.8) is 0 Å². The molecule has 0 aliphatic heterocycles. The maximum absolute atomic E-state index is 14.0. The van der Waals surface area contributed by atoms with Crippen LogP contribution in [0.1, 0.15) is 37.0 Å². The van der Waals surface area contributed by atoms with Crippen LogP contribution in [0.25, 0.3) is 0 Å². The van der Waals surface area contributed by atoms with Gasteiger partial charge in [-0.3, -0.25) is 13.9 Å². The molecule has 7 nitrogen and oxygen atoms in total. The second-order valence-electron chi connectivity index (χ2n) is 9.90. The quantitative estimate of drug-likeness (QED) is 0.319. The van der Waals surface area contributed by atoms with E-state index in [1.54, 1.807) is 0 Å². The lowest BCUT2D eigenvalue weighted by molar-refractivity contribution is -0.140. The number of nitrogens with one attached hydrogen (secondary N) is 1. The molecule has 40 heavy (non-hydrogen) atoms. The first-order valence-corrected chi connectivity index (χ1v) is 15.2. The fourth-order valence-corrected chi connectivity index (χ4v) is 5.27. The van der Waals surface area contributed by atoms with Gasteiger partial charge in [0.2, 0.25) is 21.8 Å². The third kappa shape index (κ3) is 8.53. The molecule has 3 aromatic rings. The predicted octanol–water partition coefficient (Wildman–Crippen LogP) is 5.11. The summed E-state index contributed by atoms with van der Waals surface area (Å²) >= 11 is 5.93. The standard InChI is InChI=1S/C30H35ClFN3O4S/c1-5-22(3)33-30(37)28(17-23-11-7-6-8-12-23)34(19-24-13-9-10-21(2)16-24)29(36)20-35(40(4,38)39)25-14-15-27(32)26(31)18-25/h6-16,18,22,28H,5,17,19-20H2,1-4H3,(H,33,37)/t22-,28-/m1/s1. The predicted molar refractivity (Wildman–Crippen MR) is 157 cm³/mol. The van der Waals surface area contributed by atoms with E-state index in [2.05, 4.69) is 5.32 Å². The number of halogens is 2. The summed E-state index contributed by atoms with van der Waals surface area (Å²) in [7, 11) is -3.98. The normalized spacial score (nSPS) is 12.8. The first kappa shape index (κ1) is 31.1. The Kier molecular flexibility index (Phi) is 10.7. The molecule has 2 amide bonds. The second-order valence-corrected chi connectivity index (χ2v) is 12.2. The minimum atomic E-state index is -3.98. The molecule has 0 aromatic heterocycles. The van der Waals surface area contributed by atoms with Crippen molar-refractivity contribution in [1.82, 2.24) is 10.2 Å². The third-order valence-electron chi connectivity index (χ3n) is 6.58. The molecule has 0 spiro atoms. The van der Waals surface area contributed by atoms with E-state index < -0.39 is 34.3 Å². The summed E-state index contributed by atoms with van der Waals surface area (Å²) in [5, 5.41) is 2.71. The highest BCUT2D eigenvalue weighted by Crippen LogP contribution is 2.25. The van der Waals surface area contributed by atoms with Crippen LogP contribution in [0.2, 0.25) is 5.02 Å². The Balaban J connectivity index is 2.07. The fourth-order valence-electron chi connectivity index (χ4n) is 4.26. The van der Waals surface area contributed by atoms with Gasteiger partial charge in [0.05, 0.1) is 17.0 Å². The van der Waals surface area contributed by atoms with Crippen molar-refractivity contribution in [2.24, 2.45) is 0 Å². The Morgan fingerprint density at radius 3 is 2.27 bits per heavy atom.